The number of pyridine rings is 1. The molecule has 0 radical (unpaired) electrons. The van der Waals surface area contributed by atoms with E-state index in [1.807, 2.05) is 31.2 Å². The minimum absolute atomic E-state index is 0.0468. The van der Waals surface area contributed by atoms with E-state index in [1.54, 1.807) is 23.2 Å². The standard InChI is InChI=1S/C22H21ClF3N5O/c1-2-13-3-6-15(7-4-13)17-9-18(22(24,25)26)31-21(16(11-29-31)20(27)32)30(17)12-14-5-8-19(23)28-10-14/h3-8,10-11,17-18H,2,9,12H2,1H3,(H2,27,32). The molecular formula is C22H21ClF3N5O. The fourth-order valence-corrected chi connectivity index (χ4v) is 4.19. The number of rotatable bonds is 5. The van der Waals surface area contributed by atoms with Crippen molar-refractivity contribution in [1.82, 2.24) is 14.8 Å². The number of fused-ring (bicyclic) bond motifs is 1. The Labute approximate surface area is 187 Å². The highest BCUT2D eigenvalue weighted by atomic mass is 35.5. The summed E-state index contributed by atoms with van der Waals surface area (Å²) in [5.74, 6) is -0.793. The van der Waals surface area contributed by atoms with Crippen LogP contribution in [0.2, 0.25) is 5.15 Å². The number of carbonyl (C=O) groups is 1. The van der Waals surface area contributed by atoms with Crippen molar-refractivity contribution in [3.8, 4) is 0 Å². The van der Waals surface area contributed by atoms with Gasteiger partial charge in [-0.05, 0) is 29.2 Å². The molecule has 3 heterocycles. The summed E-state index contributed by atoms with van der Waals surface area (Å²) in [7, 11) is 0. The zero-order valence-electron chi connectivity index (χ0n) is 17.2. The van der Waals surface area contributed by atoms with Crippen LogP contribution < -0.4 is 10.6 Å². The van der Waals surface area contributed by atoms with Gasteiger partial charge in [-0.2, -0.15) is 18.3 Å². The van der Waals surface area contributed by atoms with Gasteiger partial charge in [-0.15, -0.1) is 0 Å². The van der Waals surface area contributed by atoms with E-state index < -0.39 is 24.2 Å². The number of amides is 1. The summed E-state index contributed by atoms with van der Waals surface area (Å²) in [6.45, 7) is 2.20. The van der Waals surface area contributed by atoms with Gasteiger partial charge in [-0.1, -0.05) is 48.9 Å². The molecule has 0 bridgehead atoms. The van der Waals surface area contributed by atoms with Crippen molar-refractivity contribution in [3.05, 3.63) is 76.2 Å². The third kappa shape index (κ3) is 4.17. The largest absolute Gasteiger partial charge is 0.410 e. The Kier molecular flexibility index (Phi) is 5.85. The molecule has 4 rings (SSSR count). The van der Waals surface area contributed by atoms with Gasteiger partial charge in [0.1, 0.15) is 16.5 Å². The number of alkyl halides is 3. The van der Waals surface area contributed by atoms with Gasteiger partial charge in [0.15, 0.2) is 6.04 Å². The molecular weight excluding hydrogens is 443 g/mol. The molecule has 0 fully saturated rings. The van der Waals surface area contributed by atoms with Gasteiger partial charge < -0.3 is 10.6 Å². The van der Waals surface area contributed by atoms with Crippen molar-refractivity contribution in [2.24, 2.45) is 5.73 Å². The normalized spacial score (nSPS) is 18.5. The molecule has 1 aliphatic heterocycles. The van der Waals surface area contributed by atoms with Crippen molar-refractivity contribution in [1.29, 1.82) is 0 Å². The minimum Gasteiger partial charge on any atom is -0.365 e. The van der Waals surface area contributed by atoms with Crippen LogP contribution in [0.1, 0.15) is 52.5 Å². The van der Waals surface area contributed by atoms with Crippen molar-refractivity contribution >= 4 is 23.3 Å². The first kappa shape index (κ1) is 22.1. The second-order valence-corrected chi connectivity index (χ2v) is 8.10. The Morgan fingerprint density at radius 1 is 1.16 bits per heavy atom. The van der Waals surface area contributed by atoms with Crippen LogP contribution in [0.4, 0.5) is 19.0 Å². The average molecular weight is 464 g/mol. The molecule has 2 N–H and O–H groups in total. The molecule has 2 unspecified atom stereocenters. The van der Waals surface area contributed by atoms with Gasteiger partial charge in [0, 0.05) is 19.2 Å². The van der Waals surface area contributed by atoms with Crippen LogP contribution in [0.5, 0.6) is 0 Å². The lowest BCUT2D eigenvalue weighted by Crippen LogP contribution is -2.42. The highest BCUT2D eigenvalue weighted by Gasteiger charge is 2.49. The van der Waals surface area contributed by atoms with Crippen LogP contribution in [0.15, 0.2) is 48.8 Å². The van der Waals surface area contributed by atoms with Gasteiger partial charge >= 0.3 is 6.18 Å². The highest BCUT2D eigenvalue weighted by molar-refractivity contribution is 6.29. The number of aryl methyl sites for hydroxylation is 1. The monoisotopic (exact) mass is 463 g/mol. The number of hydrogen-bond donors (Lipinski definition) is 1. The Morgan fingerprint density at radius 2 is 1.84 bits per heavy atom. The predicted octanol–water partition coefficient (Wildman–Crippen LogP) is 4.85. The summed E-state index contributed by atoms with van der Waals surface area (Å²) < 4.78 is 42.9. The smallest absolute Gasteiger partial charge is 0.365 e. The number of nitrogens with two attached hydrogens (primary N) is 1. The lowest BCUT2D eigenvalue weighted by molar-refractivity contribution is -0.174. The molecule has 2 aromatic heterocycles. The van der Waals surface area contributed by atoms with Crippen LogP contribution in [0.3, 0.4) is 0 Å². The first-order valence-electron chi connectivity index (χ1n) is 10.1. The maximum atomic E-state index is 14.0. The molecule has 0 saturated heterocycles. The summed E-state index contributed by atoms with van der Waals surface area (Å²) in [6.07, 6.45) is -1.34. The van der Waals surface area contributed by atoms with Gasteiger partial charge in [0.25, 0.3) is 5.91 Å². The maximum Gasteiger partial charge on any atom is 0.410 e. The van der Waals surface area contributed by atoms with Gasteiger partial charge in [-0.3, -0.25) is 4.79 Å². The van der Waals surface area contributed by atoms with Crippen molar-refractivity contribution in [3.63, 3.8) is 0 Å². The SMILES string of the molecule is CCc1ccc(C2CC(C(F)(F)F)n3ncc(C(N)=O)c3N2Cc2ccc(Cl)nc2)cc1. The van der Waals surface area contributed by atoms with E-state index in [0.717, 1.165) is 28.4 Å². The Bertz CT molecular complexity index is 1110. The molecule has 1 aromatic carbocycles. The van der Waals surface area contributed by atoms with Crippen LogP contribution >= 0.6 is 11.6 Å². The van der Waals surface area contributed by atoms with E-state index in [9.17, 15) is 18.0 Å². The first-order chi connectivity index (χ1) is 15.2. The highest BCUT2D eigenvalue weighted by Crippen LogP contribution is 2.48. The molecule has 6 nitrogen and oxygen atoms in total. The number of hydrogen-bond acceptors (Lipinski definition) is 4. The third-order valence-electron chi connectivity index (χ3n) is 5.72. The van der Waals surface area contributed by atoms with Gasteiger partial charge in [-0.25, -0.2) is 9.67 Å². The Balaban J connectivity index is 1.87. The number of nitrogens with zero attached hydrogens (tertiary/aromatic N) is 4. The molecule has 0 spiro atoms. The molecule has 0 saturated carbocycles. The Morgan fingerprint density at radius 3 is 2.41 bits per heavy atom. The van der Waals surface area contributed by atoms with E-state index in [-0.39, 0.29) is 24.3 Å². The zero-order chi connectivity index (χ0) is 23.0. The minimum atomic E-state index is -4.55. The summed E-state index contributed by atoms with van der Waals surface area (Å²) in [5, 5.41) is 4.21. The molecule has 168 valence electrons. The van der Waals surface area contributed by atoms with Crippen LogP contribution in [-0.2, 0) is 13.0 Å². The summed E-state index contributed by atoms with van der Waals surface area (Å²) in [6, 6.07) is 8.28. The van der Waals surface area contributed by atoms with E-state index in [1.165, 1.54) is 0 Å². The van der Waals surface area contributed by atoms with Crippen LogP contribution in [-0.4, -0.2) is 26.8 Å². The molecule has 1 amide bonds. The molecule has 0 aliphatic carbocycles. The second kappa shape index (κ2) is 8.46. The summed E-state index contributed by atoms with van der Waals surface area (Å²) in [4.78, 5) is 17.9. The number of carbonyl (C=O) groups excluding carboxylic acids is 1. The second-order valence-electron chi connectivity index (χ2n) is 7.71. The number of halogens is 4. The van der Waals surface area contributed by atoms with Crippen molar-refractivity contribution in [2.45, 2.75) is 44.6 Å². The molecule has 32 heavy (non-hydrogen) atoms. The number of aromatic nitrogens is 3. The average Bonchev–Trinajstić information content (AvgIpc) is 3.20. The summed E-state index contributed by atoms with van der Waals surface area (Å²) >= 11 is 5.88. The lowest BCUT2D eigenvalue weighted by atomic mass is 9.93. The summed E-state index contributed by atoms with van der Waals surface area (Å²) in [5.41, 5.74) is 7.95. The molecule has 2 atom stereocenters. The van der Waals surface area contributed by atoms with Crippen molar-refractivity contribution in [2.75, 3.05) is 4.90 Å². The van der Waals surface area contributed by atoms with Crippen LogP contribution in [0.25, 0.3) is 0 Å². The topological polar surface area (TPSA) is 77.0 Å². The van der Waals surface area contributed by atoms with Crippen molar-refractivity contribution < 1.29 is 18.0 Å². The van der Waals surface area contributed by atoms with E-state index >= 15 is 0 Å². The fourth-order valence-electron chi connectivity index (χ4n) is 4.08. The molecule has 1 aliphatic rings. The van der Waals surface area contributed by atoms with E-state index in [2.05, 4.69) is 10.1 Å². The Hall–Kier alpha value is -3.07. The molecule has 3 aromatic rings. The molecule has 10 heteroatoms. The maximum absolute atomic E-state index is 14.0. The predicted molar refractivity (Wildman–Crippen MR) is 114 cm³/mol. The first-order valence-corrected chi connectivity index (χ1v) is 10.5. The quantitative estimate of drug-likeness (QED) is 0.549. The fraction of sp³-hybridized carbons (Fsp3) is 0.318. The number of primary amides is 1. The van der Waals surface area contributed by atoms with Gasteiger partial charge in [0.2, 0.25) is 0 Å². The van der Waals surface area contributed by atoms with E-state index in [4.69, 9.17) is 17.3 Å². The number of benzene rings is 1. The van der Waals surface area contributed by atoms with Crippen LogP contribution in [0, 0.1) is 0 Å². The van der Waals surface area contributed by atoms with Gasteiger partial charge in [0.05, 0.1) is 12.2 Å². The lowest BCUT2D eigenvalue weighted by Gasteiger charge is -2.42. The number of anilines is 1. The zero-order valence-corrected chi connectivity index (χ0v) is 17.9. The third-order valence-corrected chi connectivity index (χ3v) is 5.94. The van der Waals surface area contributed by atoms with E-state index in [0.29, 0.717) is 10.7 Å².